The Labute approximate surface area is 212 Å². The smallest absolute Gasteiger partial charge is 0.325 e. The molecule has 2 aromatic rings. The van der Waals surface area contributed by atoms with Crippen molar-refractivity contribution < 1.29 is 14.0 Å². The number of benzene rings is 1. The predicted molar refractivity (Wildman–Crippen MR) is 136 cm³/mol. The van der Waals surface area contributed by atoms with Gasteiger partial charge in [-0.05, 0) is 68.8 Å². The third kappa shape index (κ3) is 5.05. The van der Waals surface area contributed by atoms with Gasteiger partial charge in [0.25, 0.3) is 5.91 Å². The fourth-order valence-electron chi connectivity index (χ4n) is 6.35. The lowest BCUT2D eigenvalue weighted by Crippen LogP contribution is -2.57. The first-order valence-corrected chi connectivity index (χ1v) is 13.6. The van der Waals surface area contributed by atoms with Crippen molar-refractivity contribution in [3.05, 3.63) is 53.4 Å². The molecule has 0 spiro atoms. The summed E-state index contributed by atoms with van der Waals surface area (Å²) in [6.07, 6.45) is 11.1. The molecule has 2 aliphatic heterocycles. The van der Waals surface area contributed by atoms with Gasteiger partial charge in [-0.15, -0.1) is 0 Å². The second kappa shape index (κ2) is 10.7. The lowest BCUT2D eigenvalue weighted by Gasteiger charge is -2.41. The predicted octanol–water partition coefficient (Wildman–Crippen LogP) is 4.58. The monoisotopic (exact) mass is 495 g/mol. The molecule has 3 amide bonds. The molecule has 1 aromatic carbocycles. The molecule has 8 heteroatoms. The van der Waals surface area contributed by atoms with Crippen molar-refractivity contribution in [3.63, 3.8) is 0 Å². The van der Waals surface area contributed by atoms with E-state index in [1.54, 1.807) is 12.1 Å². The number of H-pyrrole nitrogens is 1. The third-order valence-corrected chi connectivity index (χ3v) is 8.36. The SMILES string of the molecule is CCCCc1ncc(CN2CCC([C@]3(Cc4ccc(F)cc4)NC(=O)N(C4CCCC4)C3=O)CC2)[nH]1. The van der Waals surface area contributed by atoms with Crippen molar-refractivity contribution >= 4 is 11.9 Å². The standard InChI is InChI=1S/C28H38FN5O2/c1-2-3-8-25-30-18-23(31-25)19-33-15-13-21(14-16-33)28(17-20-9-11-22(29)12-10-20)26(35)34(27(36)32-28)24-6-4-5-7-24/h9-12,18,21,24H,2-8,13-17,19H2,1H3,(H,30,31)(H,32,36)/t28-/m0/s1. The fourth-order valence-corrected chi connectivity index (χ4v) is 6.35. The molecule has 2 N–H and O–H groups in total. The number of aryl methyl sites for hydroxylation is 1. The lowest BCUT2D eigenvalue weighted by atomic mass is 9.73. The number of aromatic amines is 1. The van der Waals surface area contributed by atoms with Gasteiger partial charge < -0.3 is 10.3 Å². The van der Waals surface area contributed by atoms with Gasteiger partial charge in [0.05, 0.1) is 0 Å². The highest BCUT2D eigenvalue weighted by atomic mass is 19.1. The van der Waals surface area contributed by atoms with E-state index in [1.807, 2.05) is 6.20 Å². The molecule has 7 nitrogen and oxygen atoms in total. The average molecular weight is 496 g/mol. The lowest BCUT2D eigenvalue weighted by molar-refractivity contribution is -0.135. The van der Waals surface area contributed by atoms with Crippen molar-refractivity contribution in [3.8, 4) is 0 Å². The first-order valence-electron chi connectivity index (χ1n) is 13.6. The molecule has 0 unspecified atom stereocenters. The van der Waals surface area contributed by atoms with Crippen molar-refractivity contribution in [1.29, 1.82) is 0 Å². The van der Waals surface area contributed by atoms with Crippen LogP contribution in [0, 0.1) is 11.7 Å². The zero-order valence-electron chi connectivity index (χ0n) is 21.3. The van der Waals surface area contributed by atoms with Crippen LogP contribution in [-0.2, 0) is 24.2 Å². The van der Waals surface area contributed by atoms with Crippen LogP contribution in [-0.4, -0.2) is 56.4 Å². The average Bonchev–Trinajstić information content (AvgIpc) is 3.61. The van der Waals surface area contributed by atoms with Crippen molar-refractivity contribution in [2.75, 3.05) is 13.1 Å². The molecule has 3 aliphatic rings. The second-order valence-corrected chi connectivity index (χ2v) is 10.8. The molecule has 3 heterocycles. The van der Waals surface area contributed by atoms with Crippen molar-refractivity contribution in [2.45, 2.75) is 89.3 Å². The van der Waals surface area contributed by atoms with Crippen LogP contribution in [0.4, 0.5) is 9.18 Å². The van der Waals surface area contributed by atoms with Gasteiger partial charge >= 0.3 is 6.03 Å². The topological polar surface area (TPSA) is 81.3 Å². The first kappa shape index (κ1) is 24.9. The molecule has 36 heavy (non-hydrogen) atoms. The van der Waals surface area contributed by atoms with E-state index in [-0.39, 0.29) is 29.7 Å². The first-order chi connectivity index (χ1) is 17.5. The van der Waals surface area contributed by atoms with Gasteiger partial charge in [-0.3, -0.25) is 14.6 Å². The molecule has 1 saturated carbocycles. The van der Waals surface area contributed by atoms with E-state index >= 15 is 0 Å². The summed E-state index contributed by atoms with van der Waals surface area (Å²) in [6, 6.07) is 6.07. The van der Waals surface area contributed by atoms with Crippen LogP contribution in [0.2, 0.25) is 0 Å². The summed E-state index contributed by atoms with van der Waals surface area (Å²) in [5.74, 6) is 0.693. The third-order valence-electron chi connectivity index (χ3n) is 8.36. The number of hydrogen-bond donors (Lipinski definition) is 2. The number of urea groups is 1. The minimum absolute atomic E-state index is 0.00466. The van der Waals surface area contributed by atoms with E-state index in [2.05, 4.69) is 27.1 Å². The number of hydrogen-bond acceptors (Lipinski definition) is 4. The number of likely N-dealkylation sites (tertiary alicyclic amines) is 1. The van der Waals surface area contributed by atoms with E-state index in [1.165, 1.54) is 17.0 Å². The molecule has 1 atom stereocenters. The normalized spacial score (nSPS) is 24.1. The number of amides is 3. The highest BCUT2D eigenvalue weighted by Crippen LogP contribution is 2.39. The highest BCUT2D eigenvalue weighted by Gasteiger charge is 2.57. The maximum atomic E-state index is 14.0. The van der Waals surface area contributed by atoms with E-state index in [0.29, 0.717) is 6.42 Å². The molecule has 3 fully saturated rings. The van der Waals surface area contributed by atoms with Gasteiger partial charge in [0.2, 0.25) is 0 Å². The molecular weight excluding hydrogens is 457 g/mol. The number of carbonyl (C=O) groups excluding carboxylic acids is 2. The highest BCUT2D eigenvalue weighted by molar-refractivity contribution is 6.07. The summed E-state index contributed by atoms with van der Waals surface area (Å²) < 4.78 is 13.6. The molecule has 5 rings (SSSR count). The number of imidazole rings is 1. The van der Waals surface area contributed by atoms with Crippen LogP contribution in [0.15, 0.2) is 30.5 Å². The van der Waals surface area contributed by atoms with Crippen LogP contribution in [0.3, 0.4) is 0 Å². The minimum atomic E-state index is -0.967. The zero-order valence-corrected chi connectivity index (χ0v) is 21.3. The number of carbonyl (C=O) groups is 2. The number of aromatic nitrogens is 2. The van der Waals surface area contributed by atoms with Crippen LogP contribution < -0.4 is 5.32 Å². The fraction of sp³-hybridized carbons (Fsp3) is 0.607. The van der Waals surface area contributed by atoms with E-state index in [0.717, 1.165) is 94.5 Å². The summed E-state index contributed by atoms with van der Waals surface area (Å²) in [4.78, 5) is 39.1. The Morgan fingerprint density at radius 2 is 1.81 bits per heavy atom. The van der Waals surface area contributed by atoms with Gasteiger partial charge in [0.15, 0.2) is 0 Å². The molecule has 194 valence electrons. The Morgan fingerprint density at radius 3 is 2.50 bits per heavy atom. The van der Waals surface area contributed by atoms with E-state index in [9.17, 15) is 14.0 Å². The van der Waals surface area contributed by atoms with Crippen LogP contribution in [0.25, 0.3) is 0 Å². The second-order valence-electron chi connectivity index (χ2n) is 10.8. The molecular formula is C28H38FN5O2. The molecule has 0 radical (unpaired) electrons. The zero-order chi connectivity index (χ0) is 25.1. The number of unbranched alkanes of at least 4 members (excludes halogenated alkanes) is 1. The summed E-state index contributed by atoms with van der Waals surface area (Å²) in [6.45, 7) is 4.70. The Morgan fingerprint density at radius 1 is 1.08 bits per heavy atom. The van der Waals surface area contributed by atoms with Crippen LogP contribution in [0.1, 0.15) is 75.4 Å². The number of nitrogens with zero attached hydrogens (tertiary/aromatic N) is 3. The van der Waals surface area contributed by atoms with Crippen molar-refractivity contribution in [2.24, 2.45) is 5.92 Å². The van der Waals surface area contributed by atoms with Gasteiger partial charge in [-0.25, -0.2) is 14.2 Å². The number of imide groups is 1. The molecule has 2 saturated heterocycles. The Hall–Kier alpha value is -2.74. The molecule has 1 aromatic heterocycles. The minimum Gasteiger partial charge on any atom is -0.345 e. The maximum Gasteiger partial charge on any atom is 0.325 e. The largest absolute Gasteiger partial charge is 0.345 e. The summed E-state index contributed by atoms with van der Waals surface area (Å²) in [5, 5.41) is 3.17. The number of rotatable bonds is 9. The Balaban J connectivity index is 1.31. The van der Waals surface area contributed by atoms with Crippen molar-refractivity contribution in [1.82, 2.24) is 25.1 Å². The number of nitrogens with one attached hydrogen (secondary N) is 2. The van der Waals surface area contributed by atoms with Gasteiger partial charge in [-0.1, -0.05) is 38.3 Å². The quantitative estimate of drug-likeness (QED) is 0.499. The van der Waals surface area contributed by atoms with E-state index in [4.69, 9.17) is 0 Å². The maximum absolute atomic E-state index is 14.0. The summed E-state index contributed by atoms with van der Waals surface area (Å²) in [5.41, 5.74) is 1.03. The molecule has 0 bridgehead atoms. The molecule has 1 aliphatic carbocycles. The van der Waals surface area contributed by atoms with E-state index < -0.39 is 5.54 Å². The van der Waals surface area contributed by atoms with Crippen LogP contribution in [0.5, 0.6) is 0 Å². The number of halogens is 1. The van der Waals surface area contributed by atoms with Gasteiger partial charge in [0, 0.05) is 37.3 Å². The summed E-state index contributed by atoms with van der Waals surface area (Å²) >= 11 is 0. The summed E-state index contributed by atoms with van der Waals surface area (Å²) in [7, 11) is 0. The van der Waals surface area contributed by atoms with Gasteiger partial charge in [-0.2, -0.15) is 0 Å². The van der Waals surface area contributed by atoms with Gasteiger partial charge in [0.1, 0.15) is 17.2 Å². The Bertz CT molecular complexity index is 1060. The van der Waals surface area contributed by atoms with Crippen LogP contribution >= 0.6 is 0 Å². The number of piperidine rings is 1. The Kier molecular flexibility index (Phi) is 7.42.